The Balaban J connectivity index is 0.000000366. The number of methoxy groups -OCH3 is 1. The number of likely N-dealkylation sites (tertiary alicyclic amines) is 2. The van der Waals surface area contributed by atoms with Gasteiger partial charge in [-0.3, -0.25) is 0 Å². The standard InChI is InChI=1S/C20H29N2O3.C6H2Cl2F.Mn/c1-25-19-4-2-16(3-5-19)17-6-10-21(11-7-17)14-20(24)18-8-12-22(15-23)13-9-18;7-5-2-1-4(9)3-6(5)8;/h2-5,17-18,20,24H,6-14H2,1H3;2-3H;/q2*-1;+2. The molecule has 0 aliphatic carbocycles. The average molecular weight is 564 g/mol. The van der Waals surface area contributed by atoms with E-state index in [0.717, 1.165) is 70.2 Å². The summed E-state index contributed by atoms with van der Waals surface area (Å²) in [5, 5.41) is 11.1. The number of aliphatic hydroxyl groups excluding tert-OH is 1. The van der Waals surface area contributed by atoms with Crippen molar-refractivity contribution in [2.24, 2.45) is 5.92 Å². The summed E-state index contributed by atoms with van der Waals surface area (Å²) in [6.07, 6.45) is 5.72. The minimum atomic E-state index is -0.496. The number of rotatable bonds is 6. The molecule has 2 fully saturated rings. The summed E-state index contributed by atoms with van der Waals surface area (Å²) in [7, 11) is 1.69. The van der Waals surface area contributed by atoms with Crippen molar-refractivity contribution in [2.75, 3.05) is 39.8 Å². The number of hydrogen-bond acceptors (Lipinski definition) is 4. The largest absolute Gasteiger partial charge is 2.00 e. The number of nitrogens with zero attached hydrogens (tertiary/aromatic N) is 2. The molecule has 2 saturated heterocycles. The van der Waals surface area contributed by atoms with Gasteiger partial charge in [0.25, 0.3) is 0 Å². The number of halogens is 3. The second-order valence-electron chi connectivity index (χ2n) is 8.81. The third-order valence-corrected chi connectivity index (χ3v) is 7.37. The maximum absolute atomic E-state index is 12.1. The zero-order valence-electron chi connectivity index (χ0n) is 19.7. The average Bonchev–Trinajstić information content (AvgIpc) is 2.87. The van der Waals surface area contributed by atoms with Crippen LogP contribution in [-0.2, 0) is 21.9 Å². The number of aliphatic hydroxyl groups is 1. The fourth-order valence-electron chi connectivity index (χ4n) is 4.54. The maximum Gasteiger partial charge on any atom is 2.00 e. The first kappa shape index (κ1) is 29.9. The zero-order chi connectivity index (χ0) is 24.5. The molecule has 5 nitrogen and oxygen atoms in total. The van der Waals surface area contributed by atoms with Crippen LogP contribution in [0.4, 0.5) is 4.39 Å². The van der Waals surface area contributed by atoms with Crippen molar-refractivity contribution in [1.82, 2.24) is 9.80 Å². The molecule has 1 amide bonds. The molecule has 2 aliphatic rings. The quantitative estimate of drug-likeness (QED) is 0.307. The molecule has 0 saturated carbocycles. The predicted molar refractivity (Wildman–Crippen MR) is 133 cm³/mol. The normalized spacial score (nSPS) is 18.1. The van der Waals surface area contributed by atoms with Crippen molar-refractivity contribution in [3.63, 3.8) is 0 Å². The van der Waals surface area contributed by atoms with Gasteiger partial charge in [0, 0.05) is 12.4 Å². The van der Waals surface area contributed by atoms with Gasteiger partial charge in [-0.15, -0.1) is 23.7 Å². The van der Waals surface area contributed by atoms with Gasteiger partial charge < -0.3 is 24.4 Å². The molecule has 191 valence electrons. The molecular weight excluding hydrogens is 533 g/mol. The number of carbonyl (C=O) groups excluding carboxylic acids is 1. The van der Waals surface area contributed by atoms with Gasteiger partial charge >= 0.3 is 17.1 Å². The molecule has 1 radical (unpaired) electrons. The van der Waals surface area contributed by atoms with E-state index in [-0.39, 0.29) is 28.2 Å². The van der Waals surface area contributed by atoms with Crippen molar-refractivity contribution >= 4 is 29.6 Å². The molecule has 1 unspecified atom stereocenters. The van der Waals surface area contributed by atoms with Crippen LogP contribution in [0.1, 0.15) is 37.2 Å². The van der Waals surface area contributed by atoms with Crippen LogP contribution in [0.5, 0.6) is 5.75 Å². The van der Waals surface area contributed by atoms with E-state index in [2.05, 4.69) is 23.1 Å². The second kappa shape index (κ2) is 15.0. The third-order valence-electron chi connectivity index (χ3n) is 6.65. The van der Waals surface area contributed by atoms with Gasteiger partial charge in [0.15, 0.2) is 0 Å². The van der Waals surface area contributed by atoms with Gasteiger partial charge in [-0.1, -0.05) is 17.2 Å². The Morgan fingerprint density at radius 2 is 1.74 bits per heavy atom. The Kier molecular flexibility index (Phi) is 12.8. The minimum Gasteiger partial charge on any atom is -0.520 e. The van der Waals surface area contributed by atoms with Crippen LogP contribution in [0.3, 0.4) is 0 Å². The maximum atomic E-state index is 12.1. The van der Waals surface area contributed by atoms with Crippen molar-refractivity contribution in [1.29, 1.82) is 0 Å². The van der Waals surface area contributed by atoms with Crippen LogP contribution in [-0.4, -0.2) is 67.3 Å². The van der Waals surface area contributed by atoms with Crippen LogP contribution in [0, 0.1) is 17.8 Å². The molecular formula is C26H31Cl2FMnN2O3. The smallest absolute Gasteiger partial charge is 0.520 e. The van der Waals surface area contributed by atoms with Crippen LogP contribution in [0.2, 0.25) is 10.0 Å². The Bertz CT molecular complexity index is 906. The van der Waals surface area contributed by atoms with Gasteiger partial charge in [0.1, 0.15) is 5.75 Å². The van der Waals surface area contributed by atoms with E-state index >= 15 is 0 Å². The Morgan fingerprint density at radius 1 is 1.11 bits per heavy atom. The van der Waals surface area contributed by atoms with Crippen molar-refractivity contribution in [3.05, 3.63) is 63.9 Å². The number of ether oxygens (including phenoxy) is 1. The molecule has 4 rings (SSSR count). The summed E-state index contributed by atoms with van der Waals surface area (Å²) >= 11 is 10.9. The van der Waals surface area contributed by atoms with Crippen molar-refractivity contribution in [2.45, 2.75) is 37.7 Å². The molecule has 9 heteroatoms. The minimum absolute atomic E-state index is 0. The number of β-amino-alcohol motifs (C(OH)–C–C–N with tert-alkyl or cyclic N) is 1. The molecule has 2 aliphatic heterocycles. The van der Waals surface area contributed by atoms with E-state index in [1.54, 1.807) is 12.0 Å². The van der Waals surface area contributed by atoms with Crippen LogP contribution >= 0.6 is 23.2 Å². The topological polar surface area (TPSA) is 53.0 Å². The number of hydrogen-bond donors (Lipinski definition) is 1. The van der Waals surface area contributed by atoms with E-state index in [4.69, 9.17) is 27.9 Å². The SMILES string of the molecule is COc1ccc(C2CCN(CC(O)C3CCN([C-]=O)CC3)CC2)cc1.Fc1[c-]cc(Cl)c(Cl)c1.[Mn+2]. The fourth-order valence-corrected chi connectivity index (χ4v) is 4.80. The van der Waals surface area contributed by atoms with Gasteiger partial charge in [-0.2, -0.15) is 24.1 Å². The number of piperidine rings is 2. The van der Waals surface area contributed by atoms with Gasteiger partial charge in [-0.05, 0) is 86.4 Å². The third kappa shape index (κ3) is 9.23. The number of amides is 1. The first-order valence-corrected chi connectivity index (χ1v) is 12.3. The van der Waals surface area contributed by atoms with Gasteiger partial charge in [0.2, 0.25) is 0 Å². The Labute approximate surface area is 228 Å². The van der Waals surface area contributed by atoms with Crippen LogP contribution < -0.4 is 4.74 Å². The van der Waals surface area contributed by atoms with E-state index in [1.165, 1.54) is 11.6 Å². The summed E-state index contributed by atoms with van der Waals surface area (Å²) in [6, 6.07) is 13.1. The first-order valence-electron chi connectivity index (χ1n) is 11.6. The molecule has 0 bridgehead atoms. The monoisotopic (exact) mass is 563 g/mol. The van der Waals surface area contributed by atoms with E-state index in [9.17, 15) is 14.3 Å². The molecule has 1 N–H and O–H groups in total. The van der Waals surface area contributed by atoms with E-state index in [0.29, 0.717) is 16.9 Å². The summed E-state index contributed by atoms with van der Waals surface area (Å²) in [5.41, 5.74) is 1.39. The van der Waals surface area contributed by atoms with E-state index in [1.807, 2.05) is 18.5 Å². The molecule has 2 aromatic rings. The zero-order valence-corrected chi connectivity index (χ0v) is 22.4. The van der Waals surface area contributed by atoms with Crippen molar-refractivity contribution < 1.29 is 36.1 Å². The summed E-state index contributed by atoms with van der Waals surface area (Å²) < 4.78 is 17.4. The molecule has 1 atom stereocenters. The number of benzene rings is 2. The molecule has 35 heavy (non-hydrogen) atoms. The molecule has 2 heterocycles. The molecule has 0 spiro atoms. The van der Waals surface area contributed by atoms with Gasteiger partial charge in [-0.25, -0.2) is 4.39 Å². The fraction of sp³-hybridized carbons (Fsp3) is 0.500. The van der Waals surface area contributed by atoms with Crippen LogP contribution in [0.25, 0.3) is 0 Å². The molecule has 2 aromatic carbocycles. The second-order valence-corrected chi connectivity index (χ2v) is 9.62. The summed E-state index contributed by atoms with van der Waals surface area (Å²) in [6.45, 7) is 4.28. The van der Waals surface area contributed by atoms with Gasteiger partial charge in [0.05, 0.1) is 13.2 Å². The Morgan fingerprint density at radius 3 is 2.26 bits per heavy atom. The summed E-state index contributed by atoms with van der Waals surface area (Å²) in [4.78, 5) is 14.7. The molecule has 0 aromatic heterocycles. The van der Waals surface area contributed by atoms with Crippen LogP contribution in [0.15, 0.2) is 36.4 Å². The van der Waals surface area contributed by atoms with E-state index < -0.39 is 5.82 Å². The Hall–Kier alpha value is -1.34. The summed E-state index contributed by atoms with van der Waals surface area (Å²) in [5.74, 6) is 1.32. The first-order chi connectivity index (χ1) is 16.4. The predicted octanol–water partition coefficient (Wildman–Crippen LogP) is 4.94. The van der Waals surface area contributed by atoms with Crippen molar-refractivity contribution in [3.8, 4) is 5.75 Å².